The van der Waals surface area contributed by atoms with Gasteiger partial charge in [0.1, 0.15) is 12.4 Å². The average molecular weight is 414 g/mol. The maximum absolute atomic E-state index is 12.4. The van der Waals surface area contributed by atoms with Gasteiger partial charge in [0.05, 0.1) is 17.3 Å². The van der Waals surface area contributed by atoms with Crippen molar-refractivity contribution < 1.29 is 4.79 Å². The van der Waals surface area contributed by atoms with Crippen LogP contribution in [0.3, 0.4) is 0 Å². The Morgan fingerprint density at radius 2 is 2.00 bits per heavy atom. The lowest BCUT2D eigenvalue weighted by atomic mass is 10.2. The molecule has 1 N–H and O–H groups in total. The summed E-state index contributed by atoms with van der Waals surface area (Å²) >= 11 is 18.0. The van der Waals surface area contributed by atoms with Crippen LogP contribution in [0.4, 0.5) is 5.95 Å². The minimum absolute atomic E-state index is 0.196. The van der Waals surface area contributed by atoms with Gasteiger partial charge in [0.2, 0.25) is 5.95 Å². The Balaban J connectivity index is 1.67. The quantitative estimate of drug-likeness (QED) is 0.686. The zero-order valence-electron chi connectivity index (χ0n) is 13.9. The van der Waals surface area contributed by atoms with Crippen molar-refractivity contribution in [3.63, 3.8) is 0 Å². The molecule has 0 fully saturated rings. The third kappa shape index (κ3) is 4.17. The molecule has 1 unspecified atom stereocenters. The predicted octanol–water partition coefficient (Wildman–Crippen LogP) is 3.99. The third-order valence-electron chi connectivity index (χ3n) is 3.75. The van der Waals surface area contributed by atoms with Gasteiger partial charge in [-0.05, 0) is 31.5 Å². The van der Waals surface area contributed by atoms with E-state index in [1.165, 1.54) is 11.0 Å². The molecule has 0 saturated carbocycles. The highest BCUT2D eigenvalue weighted by molar-refractivity contribution is 6.35. The first-order valence-corrected chi connectivity index (χ1v) is 8.82. The molecule has 1 amide bonds. The summed E-state index contributed by atoms with van der Waals surface area (Å²) in [6, 6.07) is 4.67. The van der Waals surface area contributed by atoms with Crippen molar-refractivity contribution in [3.05, 3.63) is 57.0 Å². The number of aromatic nitrogens is 5. The summed E-state index contributed by atoms with van der Waals surface area (Å²) in [5.41, 5.74) is 1.50. The van der Waals surface area contributed by atoms with Crippen molar-refractivity contribution in [2.75, 3.05) is 5.32 Å². The standard InChI is InChI=1S/C16H15Cl3N6O/c1-9-14(19)7-25(22-9)10(2)15(26)21-16-20-8-24(23-16)6-11-3-4-12(17)5-13(11)18/h3-5,7-8,10H,6H2,1-2H3,(H,21,23,26). The van der Waals surface area contributed by atoms with Gasteiger partial charge in [-0.15, -0.1) is 5.10 Å². The van der Waals surface area contributed by atoms with Crippen LogP contribution < -0.4 is 5.32 Å². The van der Waals surface area contributed by atoms with Crippen LogP contribution >= 0.6 is 34.8 Å². The van der Waals surface area contributed by atoms with E-state index in [4.69, 9.17) is 34.8 Å². The average Bonchev–Trinajstić information content (AvgIpc) is 3.16. The lowest BCUT2D eigenvalue weighted by Crippen LogP contribution is -2.24. The molecule has 0 radical (unpaired) electrons. The molecule has 2 aromatic heterocycles. The SMILES string of the molecule is Cc1nn(C(C)C(=O)Nc2ncn(Cc3ccc(Cl)cc3Cl)n2)cc1Cl. The van der Waals surface area contributed by atoms with E-state index in [1.807, 2.05) is 6.07 Å². The number of rotatable bonds is 5. The van der Waals surface area contributed by atoms with Gasteiger partial charge < -0.3 is 0 Å². The molecule has 3 rings (SSSR count). The van der Waals surface area contributed by atoms with E-state index >= 15 is 0 Å². The van der Waals surface area contributed by atoms with Crippen LogP contribution in [0.25, 0.3) is 0 Å². The first kappa shape index (κ1) is 18.7. The Labute approximate surface area is 164 Å². The van der Waals surface area contributed by atoms with E-state index in [0.717, 1.165) is 5.56 Å². The number of benzene rings is 1. The number of anilines is 1. The first-order chi connectivity index (χ1) is 12.3. The van der Waals surface area contributed by atoms with Crippen molar-refractivity contribution in [3.8, 4) is 0 Å². The number of hydrogen-bond donors (Lipinski definition) is 1. The molecule has 0 bridgehead atoms. The molecule has 1 aromatic carbocycles. The largest absolute Gasteiger partial charge is 0.291 e. The van der Waals surface area contributed by atoms with Crippen LogP contribution in [0.15, 0.2) is 30.7 Å². The summed E-state index contributed by atoms with van der Waals surface area (Å²) in [7, 11) is 0. The number of halogens is 3. The van der Waals surface area contributed by atoms with Crippen molar-refractivity contribution >= 4 is 46.7 Å². The van der Waals surface area contributed by atoms with Gasteiger partial charge >= 0.3 is 0 Å². The Morgan fingerprint density at radius 3 is 2.65 bits per heavy atom. The fourth-order valence-corrected chi connectivity index (χ4v) is 2.85. The summed E-state index contributed by atoms with van der Waals surface area (Å²) in [6.45, 7) is 3.89. The number of amides is 1. The van der Waals surface area contributed by atoms with E-state index in [-0.39, 0.29) is 11.9 Å². The molecule has 2 heterocycles. The number of nitrogens with one attached hydrogen (secondary N) is 1. The third-order valence-corrected chi connectivity index (χ3v) is 4.71. The maximum atomic E-state index is 12.4. The second-order valence-electron chi connectivity index (χ2n) is 5.71. The monoisotopic (exact) mass is 412 g/mol. The molecule has 0 spiro atoms. The van der Waals surface area contributed by atoms with E-state index < -0.39 is 6.04 Å². The molecule has 0 saturated heterocycles. The van der Waals surface area contributed by atoms with E-state index in [0.29, 0.717) is 27.3 Å². The molecular weight excluding hydrogens is 399 g/mol. The van der Waals surface area contributed by atoms with Crippen LogP contribution in [-0.2, 0) is 11.3 Å². The van der Waals surface area contributed by atoms with E-state index in [1.54, 1.807) is 36.9 Å². The molecular formula is C16H15Cl3N6O. The number of carbonyl (C=O) groups is 1. The minimum atomic E-state index is -0.557. The van der Waals surface area contributed by atoms with Crippen LogP contribution in [0, 0.1) is 6.92 Å². The predicted molar refractivity (Wildman–Crippen MR) is 101 cm³/mol. The second kappa shape index (κ2) is 7.65. The van der Waals surface area contributed by atoms with Gasteiger partial charge in [0.25, 0.3) is 5.91 Å². The Bertz CT molecular complexity index is 932. The molecule has 7 nitrogen and oxygen atoms in total. The molecule has 1 atom stereocenters. The van der Waals surface area contributed by atoms with Gasteiger partial charge in [-0.3, -0.25) is 14.8 Å². The van der Waals surface area contributed by atoms with Gasteiger partial charge in [-0.25, -0.2) is 9.67 Å². The highest BCUT2D eigenvalue weighted by atomic mass is 35.5. The molecule has 26 heavy (non-hydrogen) atoms. The summed E-state index contributed by atoms with van der Waals surface area (Å²) in [4.78, 5) is 16.4. The zero-order chi connectivity index (χ0) is 18.8. The molecule has 0 aliphatic carbocycles. The summed E-state index contributed by atoms with van der Waals surface area (Å²) < 4.78 is 3.07. The molecule has 0 aliphatic rings. The van der Waals surface area contributed by atoms with Crippen LogP contribution in [0.1, 0.15) is 24.2 Å². The normalized spacial score (nSPS) is 12.2. The van der Waals surface area contributed by atoms with Crippen molar-refractivity contribution in [2.24, 2.45) is 0 Å². The maximum Gasteiger partial charge on any atom is 0.251 e. The van der Waals surface area contributed by atoms with Gasteiger partial charge in [-0.2, -0.15) is 5.10 Å². The smallest absolute Gasteiger partial charge is 0.251 e. The molecule has 3 aromatic rings. The molecule has 10 heteroatoms. The van der Waals surface area contributed by atoms with Gasteiger partial charge in [-0.1, -0.05) is 40.9 Å². The number of hydrogen-bond acceptors (Lipinski definition) is 4. The molecule has 136 valence electrons. The van der Waals surface area contributed by atoms with Crippen LogP contribution in [0.5, 0.6) is 0 Å². The van der Waals surface area contributed by atoms with Crippen molar-refractivity contribution in [1.29, 1.82) is 0 Å². The van der Waals surface area contributed by atoms with Crippen LogP contribution in [0.2, 0.25) is 15.1 Å². The summed E-state index contributed by atoms with van der Waals surface area (Å²) in [5, 5.41) is 12.7. The Kier molecular flexibility index (Phi) is 5.50. The fraction of sp³-hybridized carbons (Fsp3) is 0.250. The number of aryl methyl sites for hydroxylation is 1. The molecule has 0 aliphatic heterocycles. The Morgan fingerprint density at radius 1 is 1.23 bits per heavy atom. The van der Waals surface area contributed by atoms with Crippen LogP contribution in [-0.4, -0.2) is 30.5 Å². The highest BCUT2D eigenvalue weighted by Gasteiger charge is 2.18. The van der Waals surface area contributed by atoms with E-state index in [9.17, 15) is 4.79 Å². The van der Waals surface area contributed by atoms with Gasteiger partial charge in [0.15, 0.2) is 0 Å². The van der Waals surface area contributed by atoms with Crippen molar-refractivity contribution in [2.45, 2.75) is 26.4 Å². The zero-order valence-corrected chi connectivity index (χ0v) is 16.2. The summed E-state index contributed by atoms with van der Waals surface area (Å²) in [5.74, 6) is -0.103. The second-order valence-corrected chi connectivity index (χ2v) is 6.96. The highest BCUT2D eigenvalue weighted by Crippen LogP contribution is 2.22. The summed E-state index contributed by atoms with van der Waals surface area (Å²) in [6.07, 6.45) is 3.12. The Hall–Kier alpha value is -2.09. The lowest BCUT2D eigenvalue weighted by molar-refractivity contribution is -0.119. The van der Waals surface area contributed by atoms with E-state index in [2.05, 4.69) is 20.5 Å². The fourth-order valence-electron chi connectivity index (χ4n) is 2.25. The lowest BCUT2D eigenvalue weighted by Gasteiger charge is -2.10. The van der Waals surface area contributed by atoms with Gasteiger partial charge in [0, 0.05) is 16.2 Å². The number of nitrogens with zero attached hydrogens (tertiary/aromatic N) is 5. The van der Waals surface area contributed by atoms with Crippen molar-refractivity contribution in [1.82, 2.24) is 24.5 Å². The number of carbonyl (C=O) groups excluding carboxylic acids is 1. The first-order valence-electron chi connectivity index (χ1n) is 7.69. The minimum Gasteiger partial charge on any atom is -0.291 e. The topological polar surface area (TPSA) is 77.6 Å².